The molecular weight excluding hydrogens is 170 g/mol. The lowest BCUT2D eigenvalue weighted by molar-refractivity contribution is -0.118. The molecule has 0 saturated carbocycles. The molecule has 0 atom stereocenters. The summed E-state index contributed by atoms with van der Waals surface area (Å²) in [6, 6.07) is 0. The molecule has 0 heterocycles. The molecule has 0 spiro atoms. The first-order valence-corrected chi connectivity index (χ1v) is 3.61. The highest BCUT2D eigenvalue weighted by Crippen LogP contribution is 1.85. The molecule has 0 saturated heterocycles. The Morgan fingerprint density at radius 1 is 1.82 bits per heavy atom. The summed E-state index contributed by atoms with van der Waals surface area (Å²) in [7, 11) is -5.69. The Kier molecular flexibility index (Phi) is 1.06. The number of amides is 1. The summed E-state index contributed by atoms with van der Waals surface area (Å²) in [5.74, 6) is -1.95. The summed E-state index contributed by atoms with van der Waals surface area (Å²) in [5.41, 5.74) is -4.13. The number of rotatable bonds is 4. The molecule has 11 heavy (non-hydrogen) atoms. The molecule has 5 nitrogen and oxygen atoms in total. The van der Waals surface area contributed by atoms with Crippen molar-refractivity contribution < 1.29 is 30.1 Å². The highest BCUT2D eigenvalue weighted by molar-refractivity contribution is 7.85. The third-order valence-corrected chi connectivity index (χ3v) is 0.779. The molecule has 66 valence electrons. The predicted molar refractivity (Wildman–Crippen MR) is 39.7 cm³/mol. The zero-order valence-corrected chi connectivity index (χ0v) is 5.90. The van der Waals surface area contributed by atoms with Crippen molar-refractivity contribution in [2.75, 3.05) is 12.2 Å². The Hall–Kier alpha value is -0.620. The predicted octanol–water partition coefficient (Wildman–Crippen LogP) is -0.600. The van der Waals surface area contributed by atoms with E-state index in [0.29, 0.717) is 0 Å². The molecule has 1 amide bonds. The average molecular weight is 190 g/mol. The second-order valence-corrected chi connectivity index (χ2v) is 2.44. The average Bonchev–Trinajstić information content (AvgIpc) is 2.12. The van der Waals surface area contributed by atoms with E-state index in [1.165, 1.54) is 0 Å². The normalized spacial score (nSPS) is 28.3. The van der Waals surface area contributed by atoms with Gasteiger partial charge in [0.2, 0.25) is 5.91 Å². The van der Waals surface area contributed by atoms with Gasteiger partial charge in [0.25, 0.3) is 10.1 Å². The van der Waals surface area contributed by atoms with Gasteiger partial charge >= 0.3 is 0 Å². The first-order chi connectivity index (χ1) is 8.38. The quantitative estimate of drug-likeness (QED) is 0.580. The van der Waals surface area contributed by atoms with Gasteiger partial charge in [0.15, 0.2) is 0 Å². The summed E-state index contributed by atoms with van der Waals surface area (Å²) in [4.78, 5) is 11.1. The Labute approximate surface area is 78.2 Å². The highest BCUT2D eigenvalue weighted by atomic mass is 32.2. The van der Waals surface area contributed by atoms with Crippen LogP contribution >= 0.6 is 0 Å². The number of carbonyl (C=O) groups is 1. The molecule has 0 aromatic heterocycles. The zero-order chi connectivity index (χ0) is 16.8. The standard InChI is InChI=1S/C5H11NO4S/c1-5(7)6-3-2-4-11(8,9)10/h2-4H2,1H3,(H,6,7)(H,8,9,10)/i1D3,2D2,3D2,4D2. The van der Waals surface area contributed by atoms with Gasteiger partial charge in [0, 0.05) is 25.7 Å². The van der Waals surface area contributed by atoms with E-state index >= 15 is 0 Å². The van der Waals surface area contributed by atoms with Crippen molar-refractivity contribution in [3.05, 3.63) is 0 Å². The van der Waals surface area contributed by atoms with Crippen molar-refractivity contribution in [1.82, 2.24) is 5.32 Å². The van der Waals surface area contributed by atoms with E-state index in [1.54, 1.807) is 0 Å². The van der Waals surface area contributed by atoms with Gasteiger partial charge in [-0.1, -0.05) is 0 Å². The molecule has 0 aromatic carbocycles. The third-order valence-electron chi connectivity index (χ3n) is 0.419. The Morgan fingerprint density at radius 2 is 2.45 bits per heavy atom. The minimum atomic E-state index is -5.69. The van der Waals surface area contributed by atoms with Gasteiger partial charge in [-0.3, -0.25) is 9.35 Å². The van der Waals surface area contributed by atoms with Gasteiger partial charge in [-0.15, -0.1) is 0 Å². The van der Waals surface area contributed by atoms with Gasteiger partial charge in [-0.2, -0.15) is 8.42 Å². The van der Waals surface area contributed by atoms with E-state index in [2.05, 4.69) is 0 Å². The highest BCUT2D eigenvalue weighted by Gasteiger charge is 2.02. The number of carbonyl (C=O) groups excluding carboxylic acids is 1. The molecule has 0 radical (unpaired) electrons. The van der Waals surface area contributed by atoms with E-state index in [-0.39, 0.29) is 0 Å². The van der Waals surface area contributed by atoms with Crippen LogP contribution in [0, 0.1) is 0 Å². The second kappa shape index (κ2) is 4.30. The topological polar surface area (TPSA) is 83.5 Å². The summed E-state index contributed by atoms with van der Waals surface area (Å²) < 4.78 is 92.8. The lowest BCUT2D eigenvalue weighted by Gasteiger charge is -1.98. The monoisotopic (exact) mass is 190 g/mol. The molecule has 0 aromatic rings. The molecule has 0 aliphatic carbocycles. The summed E-state index contributed by atoms with van der Waals surface area (Å²) in [6.45, 7) is -7.08. The molecule has 2 N–H and O–H groups in total. The van der Waals surface area contributed by atoms with Gasteiger partial charge in [-0.25, -0.2) is 0 Å². The molecule has 0 bridgehead atoms. The van der Waals surface area contributed by atoms with Crippen molar-refractivity contribution in [2.24, 2.45) is 0 Å². The van der Waals surface area contributed by atoms with Crippen LogP contribution in [0.15, 0.2) is 0 Å². The van der Waals surface area contributed by atoms with Crippen LogP contribution in [-0.4, -0.2) is 31.1 Å². The smallest absolute Gasteiger partial charge is 0.264 e. The Balaban J connectivity index is 5.66. The lowest BCUT2D eigenvalue weighted by atomic mass is 10.5. The van der Waals surface area contributed by atoms with Crippen LogP contribution in [0.25, 0.3) is 0 Å². The molecule has 0 aliphatic heterocycles. The minimum absolute atomic E-state index is 1.06. The van der Waals surface area contributed by atoms with Crippen molar-refractivity contribution >= 4 is 16.0 Å². The SMILES string of the molecule is [2H]C([2H])([2H])C(=O)NC([2H])([2H])C([2H])([2H])C([2H])([2H])S(=O)(=O)O. The van der Waals surface area contributed by atoms with Crippen LogP contribution in [0.4, 0.5) is 0 Å². The fourth-order valence-corrected chi connectivity index (χ4v) is 0.358. The van der Waals surface area contributed by atoms with E-state index in [0.717, 1.165) is 5.32 Å². The van der Waals surface area contributed by atoms with Gasteiger partial charge in [0.05, 0.1) is 5.70 Å². The fourth-order valence-electron chi connectivity index (χ4n) is 0.178. The van der Waals surface area contributed by atoms with Crippen molar-refractivity contribution in [2.45, 2.75) is 13.2 Å². The van der Waals surface area contributed by atoms with Crippen molar-refractivity contribution in [3.8, 4) is 0 Å². The summed E-state index contributed by atoms with van der Waals surface area (Å²) >= 11 is 0. The number of hydrogen-bond acceptors (Lipinski definition) is 3. The number of nitrogens with one attached hydrogen (secondary N) is 1. The molecule has 0 unspecified atom stereocenters. The van der Waals surface area contributed by atoms with Crippen LogP contribution in [-0.2, 0) is 14.9 Å². The van der Waals surface area contributed by atoms with Crippen LogP contribution in [0.5, 0.6) is 0 Å². The van der Waals surface area contributed by atoms with Gasteiger partial charge in [-0.05, 0) is 6.37 Å². The first kappa shape index (κ1) is 2.70. The summed E-state index contributed by atoms with van der Waals surface area (Å²) in [6.07, 6.45) is -3.98. The zero-order valence-electron chi connectivity index (χ0n) is 14.1. The molecule has 6 heteroatoms. The largest absolute Gasteiger partial charge is 0.356 e. The fraction of sp³-hybridized carbons (Fsp3) is 0.800. The van der Waals surface area contributed by atoms with Crippen LogP contribution < -0.4 is 5.32 Å². The Morgan fingerprint density at radius 3 is 2.91 bits per heavy atom. The van der Waals surface area contributed by atoms with Gasteiger partial charge < -0.3 is 5.32 Å². The molecule has 0 aliphatic rings. The van der Waals surface area contributed by atoms with Crippen LogP contribution in [0.2, 0.25) is 0 Å². The molecule has 0 rings (SSSR count). The maximum Gasteiger partial charge on any atom is 0.264 e. The summed E-state index contributed by atoms with van der Waals surface area (Å²) in [5, 5.41) is 1.06. The maximum atomic E-state index is 11.1. The first-order valence-electron chi connectivity index (χ1n) is 6.67. The van der Waals surface area contributed by atoms with Crippen LogP contribution in [0.3, 0.4) is 0 Å². The molecular formula is C5H11NO4S. The van der Waals surface area contributed by atoms with E-state index in [1.807, 2.05) is 0 Å². The minimum Gasteiger partial charge on any atom is -0.356 e. The lowest BCUT2D eigenvalue weighted by Crippen LogP contribution is -2.22. The van der Waals surface area contributed by atoms with Crippen LogP contribution in [0.1, 0.15) is 25.6 Å². The van der Waals surface area contributed by atoms with Crippen molar-refractivity contribution in [3.63, 3.8) is 0 Å². The Bertz CT molecular complexity index is 495. The van der Waals surface area contributed by atoms with E-state index < -0.39 is 41.5 Å². The number of hydrogen-bond donors (Lipinski definition) is 2. The molecule has 0 fully saturated rings. The second-order valence-electron chi connectivity index (χ2n) is 1.28. The van der Waals surface area contributed by atoms with E-state index in [9.17, 15) is 13.2 Å². The van der Waals surface area contributed by atoms with Crippen molar-refractivity contribution in [1.29, 1.82) is 0 Å². The van der Waals surface area contributed by atoms with Gasteiger partial charge in [0.1, 0.15) is 0 Å². The third kappa shape index (κ3) is 9.38. The van der Waals surface area contributed by atoms with E-state index in [4.69, 9.17) is 16.9 Å². The maximum absolute atomic E-state index is 11.1.